The molecule has 0 fully saturated rings. The molecule has 3 atom stereocenters. The van der Waals surface area contributed by atoms with Crippen molar-refractivity contribution >= 4 is 29.1 Å². The molecule has 0 saturated heterocycles. The van der Waals surface area contributed by atoms with Gasteiger partial charge in [0.05, 0.1) is 7.11 Å². The summed E-state index contributed by atoms with van der Waals surface area (Å²) in [5, 5.41) is 2.90. The van der Waals surface area contributed by atoms with E-state index < -0.39 is 24.1 Å². The van der Waals surface area contributed by atoms with Gasteiger partial charge in [-0.2, -0.15) is 0 Å². The molecule has 0 saturated carbocycles. The summed E-state index contributed by atoms with van der Waals surface area (Å²) in [6.45, 7) is 8.66. The first-order valence-corrected chi connectivity index (χ1v) is 11.0. The van der Waals surface area contributed by atoms with E-state index in [0.717, 1.165) is 0 Å². The minimum absolute atomic E-state index is 0.0161. The average molecular weight is 475 g/mol. The molecule has 0 aliphatic carbocycles. The summed E-state index contributed by atoms with van der Waals surface area (Å²) < 4.78 is 22.2. The minimum atomic E-state index is -0.791. The van der Waals surface area contributed by atoms with E-state index >= 15 is 0 Å². The van der Waals surface area contributed by atoms with Crippen LogP contribution in [0.4, 0.5) is 0 Å². The highest BCUT2D eigenvalue weighted by atomic mass is 32.1. The number of aromatic nitrogens is 1. The number of ether oxygens (including phenoxy) is 4. The number of carbonyl (C=O) groups excluding carboxylic acids is 2. The van der Waals surface area contributed by atoms with E-state index in [-0.39, 0.29) is 28.5 Å². The normalized spacial score (nSPS) is 13.4. The van der Waals surface area contributed by atoms with Crippen molar-refractivity contribution in [2.24, 2.45) is 5.92 Å². The molecule has 1 N–H and O–H groups in total. The zero-order chi connectivity index (χ0) is 24.5. The van der Waals surface area contributed by atoms with Crippen LogP contribution in [0.5, 0.6) is 17.2 Å². The van der Waals surface area contributed by atoms with E-state index in [1.54, 1.807) is 13.0 Å². The molecular formula is C24H30N2O6S. The summed E-state index contributed by atoms with van der Waals surface area (Å²) in [4.78, 5) is 28.6. The molecule has 0 bridgehead atoms. The van der Waals surface area contributed by atoms with Crippen molar-refractivity contribution in [1.29, 1.82) is 0 Å². The first kappa shape index (κ1) is 26.1. The molecule has 0 spiro atoms. The van der Waals surface area contributed by atoms with Gasteiger partial charge in [0.15, 0.2) is 5.75 Å². The third kappa shape index (κ3) is 7.42. The Labute approximate surface area is 199 Å². The number of nitrogens with one attached hydrogen (secondary N) is 1. The average Bonchev–Trinajstić information content (AvgIpc) is 2.77. The maximum atomic E-state index is 12.8. The number of esters is 2. The number of nitrogens with zero attached hydrogens (tertiary/aromatic N) is 1. The van der Waals surface area contributed by atoms with Gasteiger partial charge < -0.3 is 24.3 Å². The van der Waals surface area contributed by atoms with Crippen LogP contribution >= 0.6 is 12.2 Å². The highest BCUT2D eigenvalue weighted by Gasteiger charge is 2.29. The van der Waals surface area contributed by atoms with Crippen LogP contribution in [-0.2, 0) is 14.3 Å². The molecule has 0 aliphatic rings. The number of rotatable bonds is 10. The predicted molar refractivity (Wildman–Crippen MR) is 128 cm³/mol. The number of hydrogen-bond donors (Lipinski definition) is 1. The van der Waals surface area contributed by atoms with Crippen molar-refractivity contribution in [3.8, 4) is 17.2 Å². The van der Waals surface area contributed by atoms with Crippen LogP contribution < -0.4 is 19.5 Å². The number of benzene rings is 1. The summed E-state index contributed by atoms with van der Waals surface area (Å²) in [5.41, 5.74) is 0.181. The Bertz CT molecular complexity index is 967. The van der Waals surface area contributed by atoms with Crippen molar-refractivity contribution in [2.75, 3.05) is 7.11 Å². The maximum absolute atomic E-state index is 12.8. The van der Waals surface area contributed by atoms with Gasteiger partial charge >= 0.3 is 11.9 Å². The SMILES string of the molecule is COc1ccnc(C(=S)N[C@@H](C)C(=O)OC(C(C)C)[C@@H](C)Oc2ccccc2)c1OC(C)=O. The highest BCUT2D eigenvalue weighted by molar-refractivity contribution is 7.80. The van der Waals surface area contributed by atoms with Gasteiger partial charge in [0.2, 0.25) is 5.75 Å². The molecule has 33 heavy (non-hydrogen) atoms. The van der Waals surface area contributed by atoms with Crippen molar-refractivity contribution in [3.63, 3.8) is 0 Å². The fourth-order valence-corrected chi connectivity index (χ4v) is 3.43. The summed E-state index contributed by atoms with van der Waals surface area (Å²) in [6.07, 6.45) is 0.614. The zero-order valence-corrected chi connectivity index (χ0v) is 20.5. The van der Waals surface area contributed by atoms with E-state index in [1.807, 2.05) is 51.1 Å². The first-order valence-electron chi connectivity index (χ1n) is 10.6. The Morgan fingerprint density at radius 1 is 1.06 bits per heavy atom. The number of carbonyl (C=O) groups is 2. The van der Waals surface area contributed by atoms with E-state index in [4.69, 9.17) is 31.2 Å². The van der Waals surface area contributed by atoms with Crippen molar-refractivity contribution in [2.45, 2.75) is 52.9 Å². The van der Waals surface area contributed by atoms with Crippen LogP contribution in [0.25, 0.3) is 0 Å². The molecule has 8 nitrogen and oxygen atoms in total. The lowest BCUT2D eigenvalue weighted by molar-refractivity contribution is -0.158. The molecule has 0 radical (unpaired) electrons. The monoisotopic (exact) mass is 474 g/mol. The molecule has 0 aliphatic heterocycles. The predicted octanol–water partition coefficient (Wildman–Crippen LogP) is 3.70. The molecule has 1 unspecified atom stereocenters. The fraction of sp³-hybridized carbons (Fsp3) is 0.417. The topological polar surface area (TPSA) is 96.0 Å². The number of pyridine rings is 1. The van der Waals surface area contributed by atoms with E-state index in [1.165, 1.54) is 20.2 Å². The third-order valence-electron chi connectivity index (χ3n) is 4.69. The van der Waals surface area contributed by atoms with E-state index in [0.29, 0.717) is 11.5 Å². The zero-order valence-electron chi connectivity index (χ0n) is 19.7. The highest BCUT2D eigenvalue weighted by Crippen LogP contribution is 2.30. The lowest BCUT2D eigenvalue weighted by Gasteiger charge is -2.29. The van der Waals surface area contributed by atoms with Gasteiger partial charge in [0.1, 0.15) is 34.7 Å². The number of hydrogen-bond acceptors (Lipinski definition) is 8. The van der Waals surface area contributed by atoms with Crippen molar-refractivity contribution in [1.82, 2.24) is 10.3 Å². The van der Waals surface area contributed by atoms with Crippen LogP contribution in [0.1, 0.15) is 40.3 Å². The van der Waals surface area contributed by atoms with Crippen LogP contribution in [0.3, 0.4) is 0 Å². The molecule has 2 rings (SSSR count). The smallest absolute Gasteiger partial charge is 0.328 e. The standard InChI is InChI=1S/C24H30N2O6S/c1-14(2)21(16(4)30-18-10-8-7-9-11-18)32-24(28)15(3)26-23(33)20-22(31-17(5)27)19(29-6)12-13-25-20/h7-16,21H,1-6H3,(H,26,33)/t15-,16+,21?/m0/s1. The summed E-state index contributed by atoms with van der Waals surface area (Å²) in [5.74, 6) is 0.0295. The Hall–Kier alpha value is -3.20. The van der Waals surface area contributed by atoms with Crippen LogP contribution in [-0.4, -0.2) is 47.3 Å². The molecule has 1 aromatic heterocycles. The van der Waals surface area contributed by atoms with E-state index in [2.05, 4.69) is 10.3 Å². The second kappa shape index (κ2) is 12.2. The minimum Gasteiger partial charge on any atom is -0.493 e. The molecule has 0 amide bonds. The molecule has 178 valence electrons. The van der Waals surface area contributed by atoms with Crippen molar-refractivity contribution < 1.29 is 28.5 Å². The Morgan fingerprint density at radius 3 is 2.30 bits per heavy atom. The van der Waals surface area contributed by atoms with Gasteiger partial charge in [-0.1, -0.05) is 44.3 Å². The van der Waals surface area contributed by atoms with Gasteiger partial charge in [0.25, 0.3) is 0 Å². The molecule has 9 heteroatoms. The van der Waals surface area contributed by atoms with Crippen molar-refractivity contribution in [3.05, 3.63) is 48.3 Å². The van der Waals surface area contributed by atoms with Crippen LogP contribution in [0.15, 0.2) is 42.6 Å². The van der Waals surface area contributed by atoms with Gasteiger partial charge in [-0.15, -0.1) is 0 Å². The summed E-state index contributed by atoms with van der Waals surface area (Å²) in [7, 11) is 1.44. The van der Waals surface area contributed by atoms with Gasteiger partial charge in [-0.05, 0) is 31.9 Å². The Morgan fingerprint density at radius 2 is 1.73 bits per heavy atom. The molecule has 1 aromatic carbocycles. The lowest BCUT2D eigenvalue weighted by atomic mass is 10.0. The fourth-order valence-electron chi connectivity index (χ4n) is 3.11. The Kier molecular flexibility index (Phi) is 9.59. The number of thiocarbonyl (C=S) groups is 1. The number of methoxy groups -OCH3 is 1. The molecule has 1 heterocycles. The second-order valence-electron chi connectivity index (χ2n) is 7.76. The third-order valence-corrected chi connectivity index (χ3v) is 5.00. The Balaban J connectivity index is 2.09. The maximum Gasteiger partial charge on any atom is 0.328 e. The van der Waals surface area contributed by atoms with Crippen LogP contribution in [0.2, 0.25) is 0 Å². The quantitative estimate of drug-likeness (QED) is 0.408. The number of para-hydroxylation sites is 1. The summed E-state index contributed by atoms with van der Waals surface area (Å²) in [6, 6.07) is 10.1. The van der Waals surface area contributed by atoms with Gasteiger partial charge in [0, 0.05) is 19.2 Å². The second-order valence-corrected chi connectivity index (χ2v) is 8.17. The van der Waals surface area contributed by atoms with Gasteiger partial charge in [-0.3, -0.25) is 4.79 Å². The first-order chi connectivity index (χ1) is 15.6. The molecular weight excluding hydrogens is 444 g/mol. The lowest BCUT2D eigenvalue weighted by Crippen LogP contribution is -2.44. The van der Waals surface area contributed by atoms with E-state index in [9.17, 15) is 9.59 Å². The van der Waals surface area contributed by atoms with Crippen LogP contribution in [0, 0.1) is 5.92 Å². The van der Waals surface area contributed by atoms with Gasteiger partial charge in [-0.25, -0.2) is 9.78 Å². The largest absolute Gasteiger partial charge is 0.493 e. The molecule has 2 aromatic rings. The summed E-state index contributed by atoms with van der Waals surface area (Å²) >= 11 is 5.41.